The molecule has 2 heterocycles. The molecular weight excluding hydrogens is 224 g/mol. The lowest BCUT2D eigenvalue weighted by molar-refractivity contribution is 0.418. The number of aromatic nitrogens is 2. The van der Waals surface area contributed by atoms with Gasteiger partial charge in [-0.3, -0.25) is 4.98 Å². The van der Waals surface area contributed by atoms with Crippen molar-refractivity contribution >= 4 is 5.82 Å². The maximum absolute atomic E-state index is 4.72. The van der Waals surface area contributed by atoms with Gasteiger partial charge in [0.2, 0.25) is 0 Å². The predicted molar refractivity (Wildman–Crippen MR) is 72.5 cm³/mol. The summed E-state index contributed by atoms with van der Waals surface area (Å²) >= 11 is 0. The van der Waals surface area contributed by atoms with Crippen molar-refractivity contribution in [1.29, 1.82) is 0 Å². The minimum atomic E-state index is 0.407. The fraction of sp³-hybridized carbons (Fsp3) is 0.714. The zero-order valence-electron chi connectivity index (χ0n) is 11.3. The fourth-order valence-corrected chi connectivity index (χ4v) is 2.48. The molecule has 2 aliphatic rings. The molecule has 0 bridgehead atoms. The van der Waals surface area contributed by atoms with Crippen molar-refractivity contribution in [3.05, 3.63) is 18.1 Å². The van der Waals surface area contributed by atoms with E-state index in [2.05, 4.69) is 29.0 Å². The van der Waals surface area contributed by atoms with Crippen LogP contribution in [-0.4, -0.2) is 29.1 Å². The van der Waals surface area contributed by atoms with Crippen LogP contribution in [0.15, 0.2) is 12.4 Å². The van der Waals surface area contributed by atoms with Crippen LogP contribution >= 0.6 is 0 Å². The second kappa shape index (κ2) is 4.50. The Balaban J connectivity index is 1.66. The summed E-state index contributed by atoms with van der Waals surface area (Å²) in [6.45, 7) is 7.67. The van der Waals surface area contributed by atoms with Gasteiger partial charge < -0.3 is 10.2 Å². The van der Waals surface area contributed by atoms with Gasteiger partial charge in [0, 0.05) is 31.9 Å². The molecule has 0 atom stereocenters. The van der Waals surface area contributed by atoms with Gasteiger partial charge in [-0.15, -0.1) is 0 Å². The molecule has 1 saturated heterocycles. The number of nitrogens with zero attached hydrogens (tertiary/aromatic N) is 3. The lowest BCUT2D eigenvalue weighted by atomic mass is 9.93. The molecular formula is C14H22N4. The predicted octanol–water partition coefficient (Wildman–Crippen LogP) is 1.96. The van der Waals surface area contributed by atoms with E-state index in [4.69, 9.17) is 4.98 Å². The van der Waals surface area contributed by atoms with E-state index in [1.165, 1.54) is 19.3 Å². The number of anilines is 1. The van der Waals surface area contributed by atoms with Gasteiger partial charge in [0.25, 0.3) is 0 Å². The van der Waals surface area contributed by atoms with E-state index in [0.717, 1.165) is 37.2 Å². The standard InChI is InChI=1S/C14H22N4/c1-14(2)5-6-18(10-14)13-9-15-7-12(17-13)8-16-11-3-4-11/h7,9,11,16H,3-6,8,10H2,1-2H3. The van der Waals surface area contributed by atoms with Crippen molar-refractivity contribution in [1.82, 2.24) is 15.3 Å². The Morgan fingerprint density at radius 1 is 1.39 bits per heavy atom. The first-order chi connectivity index (χ1) is 8.62. The Hall–Kier alpha value is -1.16. The largest absolute Gasteiger partial charge is 0.355 e. The first-order valence-corrected chi connectivity index (χ1v) is 6.92. The molecule has 3 rings (SSSR count). The maximum atomic E-state index is 4.72. The summed E-state index contributed by atoms with van der Waals surface area (Å²) in [5.41, 5.74) is 1.47. The van der Waals surface area contributed by atoms with Crippen LogP contribution in [0.5, 0.6) is 0 Å². The van der Waals surface area contributed by atoms with Crippen LogP contribution in [-0.2, 0) is 6.54 Å². The van der Waals surface area contributed by atoms with Crippen LogP contribution < -0.4 is 10.2 Å². The molecule has 2 fully saturated rings. The molecule has 1 aromatic heterocycles. The monoisotopic (exact) mass is 246 g/mol. The summed E-state index contributed by atoms with van der Waals surface area (Å²) in [5, 5.41) is 3.49. The zero-order valence-corrected chi connectivity index (χ0v) is 11.3. The van der Waals surface area contributed by atoms with Gasteiger partial charge in [-0.05, 0) is 24.7 Å². The van der Waals surface area contributed by atoms with Crippen molar-refractivity contribution in [2.75, 3.05) is 18.0 Å². The SMILES string of the molecule is CC1(C)CCN(c2cncc(CNC3CC3)n2)C1. The maximum Gasteiger partial charge on any atom is 0.147 e. The minimum Gasteiger partial charge on any atom is -0.355 e. The van der Waals surface area contributed by atoms with Crippen molar-refractivity contribution < 1.29 is 0 Å². The van der Waals surface area contributed by atoms with Crippen molar-refractivity contribution in [3.63, 3.8) is 0 Å². The lowest BCUT2D eigenvalue weighted by Crippen LogP contribution is -2.24. The third kappa shape index (κ3) is 2.80. The molecule has 1 aromatic rings. The number of nitrogens with one attached hydrogen (secondary N) is 1. The number of hydrogen-bond donors (Lipinski definition) is 1. The molecule has 0 radical (unpaired) electrons. The highest BCUT2D eigenvalue weighted by Crippen LogP contribution is 2.31. The molecule has 4 heteroatoms. The van der Waals surface area contributed by atoms with E-state index in [1.54, 1.807) is 0 Å². The molecule has 1 N–H and O–H groups in total. The Kier molecular flexibility index (Phi) is 2.98. The molecule has 1 aliphatic carbocycles. The van der Waals surface area contributed by atoms with Crippen LogP contribution in [0.3, 0.4) is 0 Å². The van der Waals surface area contributed by atoms with Crippen LogP contribution in [0.4, 0.5) is 5.82 Å². The van der Waals surface area contributed by atoms with Gasteiger partial charge in [-0.2, -0.15) is 0 Å². The highest BCUT2D eigenvalue weighted by atomic mass is 15.2. The van der Waals surface area contributed by atoms with Crippen LogP contribution in [0.25, 0.3) is 0 Å². The molecule has 18 heavy (non-hydrogen) atoms. The van der Waals surface area contributed by atoms with Crippen molar-refractivity contribution in [3.8, 4) is 0 Å². The molecule has 0 aromatic carbocycles. The zero-order chi connectivity index (χ0) is 12.6. The van der Waals surface area contributed by atoms with E-state index in [0.29, 0.717) is 5.41 Å². The molecule has 0 unspecified atom stereocenters. The van der Waals surface area contributed by atoms with E-state index in [9.17, 15) is 0 Å². The van der Waals surface area contributed by atoms with Crippen LogP contribution in [0.2, 0.25) is 0 Å². The van der Waals surface area contributed by atoms with Gasteiger partial charge in [0.05, 0.1) is 11.9 Å². The summed E-state index contributed by atoms with van der Waals surface area (Å²) in [6, 6.07) is 0.723. The normalized spacial score (nSPS) is 22.4. The van der Waals surface area contributed by atoms with E-state index >= 15 is 0 Å². The summed E-state index contributed by atoms with van der Waals surface area (Å²) in [4.78, 5) is 11.4. The smallest absolute Gasteiger partial charge is 0.147 e. The second-order valence-electron chi connectivity index (χ2n) is 6.36. The van der Waals surface area contributed by atoms with Gasteiger partial charge in [-0.1, -0.05) is 13.8 Å². The van der Waals surface area contributed by atoms with Crippen molar-refractivity contribution in [2.45, 2.75) is 45.7 Å². The first-order valence-electron chi connectivity index (χ1n) is 6.92. The summed E-state index contributed by atoms with van der Waals surface area (Å²) < 4.78 is 0. The summed E-state index contributed by atoms with van der Waals surface area (Å²) in [5.74, 6) is 1.04. The highest BCUT2D eigenvalue weighted by molar-refractivity contribution is 5.38. The molecule has 0 spiro atoms. The molecule has 98 valence electrons. The van der Waals surface area contributed by atoms with Gasteiger partial charge >= 0.3 is 0 Å². The Bertz CT molecular complexity index is 426. The van der Waals surface area contributed by atoms with Gasteiger partial charge in [0.15, 0.2) is 0 Å². The fourth-order valence-electron chi connectivity index (χ4n) is 2.48. The van der Waals surface area contributed by atoms with E-state index in [-0.39, 0.29) is 0 Å². The molecule has 0 amide bonds. The topological polar surface area (TPSA) is 41.1 Å². The van der Waals surface area contributed by atoms with Crippen molar-refractivity contribution in [2.24, 2.45) is 5.41 Å². The average Bonchev–Trinajstić information content (AvgIpc) is 3.10. The lowest BCUT2D eigenvalue weighted by Gasteiger charge is -2.20. The first kappa shape index (κ1) is 11.9. The minimum absolute atomic E-state index is 0.407. The molecule has 4 nitrogen and oxygen atoms in total. The second-order valence-corrected chi connectivity index (χ2v) is 6.36. The third-order valence-corrected chi connectivity index (χ3v) is 3.82. The van der Waals surface area contributed by atoms with E-state index < -0.39 is 0 Å². The van der Waals surface area contributed by atoms with Gasteiger partial charge in [0.1, 0.15) is 5.82 Å². The molecule has 1 aliphatic heterocycles. The quantitative estimate of drug-likeness (QED) is 0.882. The Morgan fingerprint density at radius 2 is 2.22 bits per heavy atom. The van der Waals surface area contributed by atoms with Gasteiger partial charge in [-0.25, -0.2) is 4.98 Å². The molecule has 1 saturated carbocycles. The van der Waals surface area contributed by atoms with Crippen LogP contribution in [0.1, 0.15) is 38.8 Å². The Morgan fingerprint density at radius 3 is 2.89 bits per heavy atom. The Labute approximate surface area is 109 Å². The number of hydrogen-bond acceptors (Lipinski definition) is 4. The highest BCUT2D eigenvalue weighted by Gasteiger charge is 2.30. The summed E-state index contributed by atoms with van der Waals surface area (Å²) in [7, 11) is 0. The van der Waals surface area contributed by atoms with Crippen LogP contribution in [0, 0.1) is 5.41 Å². The number of rotatable bonds is 4. The van der Waals surface area contributed by atoms with E-state index in [1.807, 2.05) is 12.4 Å². The third-order valence-electron chi connectivity index (χ3n) is 3.82. The average molecular weight is 246 g/mol. The summed E-state index contributed by atoms with van der Waals surface area (Å²) in [6.07, 6.45) is 7.63.